The van der Waals surface area contributed by atoms with Crippen molar-refractivity contribution in [3.8, 4) is 11.5 Å². The molecule has 1 fully saturated rings. The second-order valence-corrected chi connectivity index (χ2v) is 7.25. The van der Waals surface area contributed by atoms with Gasteiger partial charge in [0.2, 0.25) is 0 Å². The van der Waals surface area contributed by atoms with Crippen molar-refractivity contribution in [2.24, 2.45) is 5.41 Å². The highest BCUT2D eigenvalue weighted by Crippen LogP contribution is 2.50. The minimum atomic E-state index is 0.223. The molecule has 118 valence electrons. The fourth-order valence-electron chi connectivity index (χ4n) is 3.43. The molecule has 5 heteroatoms. The van der Waals surface area contributed by atoms with Gasteiger partial charge in [0.05, 0.1) is 16.1 Å². The van der Waals surface area contributed by atoms with E-state index in [1.807, 2.05) is 19.2 Å². The number of nitrogens with one attached hydrogen (secondary N) is 1. The zero-order valence-electron chi connectivity index (χ0n) is 13.0. The third-order valence-corrected chi connectivity index (χ3v) is 6.16. The number of benzene rings is 1. The Morgan fingerprint density at radius 2 is 1.76 bits per heavy atom. The quantitative estimate of drug-likeness (QED) is 0.719. The van der Waals surface area contributed by atoms with E-state index >= 15 is 0 Å². The van der Waals surface area contributed by atoms with Crippen LogP contribution in [0.4, 0.5) is 0 Å². The van der Waals surface area contributed by atoms with Crippen LogP contribution in [0.25, 0.3) is 0 Å². The van der Waals surface area contributed by atoms with Crippen molar-refractivity contribution in [2.45, 2.75) is 45.3 Å². The largest absolute Gasteiger partial charge is 0.496 e. The van der Waals surface area contributed by atoms with Gasteiger partial charge in [0.15, 0.2) is 0 Å². The molecule has 2 rings (SSSR count). The van der Waals surface area contributed by atoms with E-state index in [4.69, 9.17) is 9.47 Å². The molecule has 0 spiro atoms. The Morgan fingerprint density at radius 1 is 1.19 bits per heavy atom. The summed E-state index contributed by atoms with van der Waals surface area (Å²) in [6.07, 6.45) is 3.54. The summed E-state index contributed by atoms with van der Waals surface area (Å²) in [5.41, 5.74) is 0.223. The number of halogens is 2. The molecule has 0 bridgehead atoms. The second-order valence-electron chi connectivity index (χ2n) is 5.54. The Bertz CT molecular complexity index is 503. The lowest BCUT2D eigenvalue weighted by molar-refractivity contribution is -0.0839. The van der Waals surface area contributed by atoms with E-state index in [1.54, 1.807) is 7.11 Å². The molecule has 0 saturated heterocycles. The molecule has 1 aromatic carbocycles. The van der Waals surface area contributed by atoms with Gasteiger partial charge in [-0.1, -0.05) is 13.8 Å². The van der Waals surface area contributed by atoms with Crippen LogP contribution in [0.5, 0.6) is 11.5 Å². The zero-order valence-corrected chi connectivity index (χ0v) is 16.2. The van der Waals surface area contributed by atoms with E-state index in [-0.39, 0.29) is 11.5 Å². The van der Waals surface area contributed by atoms with Crippen LogP contribution in [0.2, 0.25) is 0 Å². The third kappa shape index (κ3) is 2.97. The number of ether oxygens (including phenoxy) is 2. The van der Waals surface area contributed by atoms with Crippen LogP contribution in [0.15, 0.2) is 21.1 Å². The number of rotatable bonds is 6. The minimum absolute atomic E-state index is 0.223. The molecule has 0 radical (unpaired) electrons. The smallest absolute Gasteiger partial charge is 0.135 e. The standard InChI is InChI=1S/C16H23Br2NO2/c1-5-16(6-2)14(19-3)9-15(16)21-13-8-10(17)12(20-4)7-11(13)18/h7-8,14-15,19H,5-6,9H2,1-4H3. The van der Waals surface area contributed by atoms with Crippen molar-refractivity contribution in [1.29, 1.82) is 0 Å². The van der Waals surface area contributed by atoms with Gasteiger partial charge in [-0.2, -0.15) is 0 Å². The van der Waals surface area contributed by atoms with Gasteiger partial charge in [-0.25, -0.2) is 0 Å². The number of hydrogen-bond acceptors (Lipinski definition) is 3. The monoisotopic (exact) mass is 419 g/mol. The van der Waals surface area contributed by atoms with Crippen LogP contribution in [-0.2, 0) is 0 Å². The molecule has 21 heavy (non-hydrogen) atoms. The van der Waals surface area contributed by atoms with Crippen LogP contribution in [0.3, 0.4) is 0 Å². The molecular weight excluding hydrogens is 398 g/mol. The van der Waals surface area contributed by atoms with Gasteiger partial charge in [0.25, 0.3) is 0 Å². The first-order valence-corrected chi connectivity index (χ1v) is 8.97. The zero-order chi connectivity index (χ0) is 15.6. The van der Waals surface area contributed by atoms with Crippen LogP contribution in [0.1, 0.15) is 33.1 Å². The predicted molar refractivity (Wildman–Crippen MR) is 93.3 cm³/mol. The lowest BCUT2D eigenvalue weighted by Gasteiger charge is -2.55. The summed E-state index contributed by atoms with van der Waals surface area (Å²) in [6.45, 7) is 4.50. The highest BCUT2D eigenvalue weighted by atomic mass is 79.9. The van der Waals surface area contributed by atoms with Gasteiger partial charge in [0.1, 0.15) is 17.6 Å². The molecule has 2 unspecified atom stereocenters. The van der Waals surface area contributed by atoms with Gasteiger partial charge in [-0.3, -0.25) is 0 Å². The van der Waals surface area contributed by atoms with Crippen LogP contribution < -0.4 is 14.8 Å². The molecule has 0 amide bonds. The maximum Gasteiger partial charge on any atom is 0.135 e. The van der Waals surface area contributed by atoms with Gasteiger partial charge in [0, 0.05) is 17.9 Å². The Kier molecular flexibility index (Phi) is 5.60. The van der Waals surface area contributed by atoms with E-state index in [1.165, 1.54) is 0 Å². The van der Waals surface area contributed by atoms with Crippen molar-refractivity contribution in [2.75, 3.05) is 14.2 Å². The summed E-state index contributed by atoms with van der Waals surface area (Å²) in [5, 5.41) is 3.43. The Hall–Kier alpha value is -0.260. The molecular formula is C16H23Br2NO2. The van der Waals surface area contributed by atoms with Crippen LogP contribution in [-0.4, -0.2) is 26.3 Å². The molecule has 1 N–H and O–H groups in total. The van der Waals surface area contributed by atoms with Gasteiger partial charge >= 0.3 is 0 Å². The molecule has 1 aliphatic rings. The molecule has 3 nitrogen and oxygen atoms in total. The highest BCUT2D eigenvalue weighted by Gasteiger charge is 2.53. The number of methoxy groups -OCH3 is 1. The normalized spacial score (nSPS) is 23.5. The first-order chi connectivity index (χ1) is 10.0. The van der Waals surface area contributed by atoms with Crippen molar-refractivity contribution >= 4 is 31.9 Å². The van der Waals surface area contributed by atoms with E-state index in [0.29, 0.717) is 6.04 Å². The number of hydrogen-bond donors (Lipinski definition) is 1. The molecule has 1 aromatic rings. The van der Waals surface area contributed by atoms with E-state index in [0.717, 1.165) is 39.7 Å². The summed E-state index contributed by atoms with van der Waals surface area (Å²) in [5.74, 6) is 1.67. The fraction of sp³-hybridized carbons (Fsp3) is 0.625. The van der Waals surface area contributed by atoms with Crippen LogP contribution in [0, 0.1) is 5.41 Å². The summed E-state index contributed by atoms with van der Waals surface area (Å²) in [7, 11) is 3.70. The summed E-state index contributed by atoms with van der Waals surface area (Å²) < 4.78 is 13.5. The molecule has 0 heterocycles. The highest BCUT2D eigenvalue weighted by molar-refractivity contribution is 9.11. The molecule has 0 aliphatic heterocycles. The first-order valence-electron chi connectivity index (χ1n) is 7.39. The maximum absolute atomic E-state index is 6.32. The van der Waals surface area contributed by atoms with E-state index in [2.05, 4.69) is 51.0 Å². The second kappa shape index (κ2) is 6.88. The Labute approximate surface area is 144 Å². The molecule has 2 atom stereocenters. The average molecular weight is 421 g/mol. The summed E-state index contributed by atoms with van der Waals surface area (Å²) in [4.78, 5) is 0. The van der Waals surface area contributed by atoms with Gasteiger partial charge < -0.3 is 14.8 Å². The fourth-order valence-corrected chi connectivity index (χ4v) is 4.33. The van der Waals surface area contributed by atoms with Crippen molar-refractivity contribution < 1.29 is 9.47 Å². The van der Waals surface area contributed by atoms with Crippen molar-refractivity contribution in [1.82, 2.24) is 5.32 Å². The predicted octanol–water partition coefficient (Wildman–Crippen LogP) is 4.77. The van der Waals surface area contributed by atoms with E-state index in [9.17, 15) is 0 Å². The topological polar surface area (TPSA) is 30.5 Å². The summed E-state index contributed by atoms with van der Waals surface area (Å²) >= 11 is 7.10. The Morgan fingerprint density at radius 3 is 2.29 bits per heavy atom. The third-order valence-electron chi connectivity index (χ3n) is 4.93. The minimum Gasteiger partial charge on any atom is -0.496 e. The lowest BCUT2D eigenvalue weighted by Crippen LogP contribution is -2.63. The van der Waals surface area contributed by atoms with Crippen LogP contribution >= 0.6 is 31.9 Å². The van der Waals surface area contributed by atoms with Crippen molar-refractivity contribution in [3.63, 3.8) is 0 Å². The summed E-state index contributed by atoms with van der Waals surface area (Å²) in [6, 6.07) is 4.46. The maximum atomic E-state index is 6.32. The lowest BCUT2D eigenvalue weighted by atomic mass is 9.58. The Balaban J connectivity index is 2.21. The van der Waals surface area contributed by atoms with E-state index < -0.39 is 0 Å². The van der Waals surface area contributed by atoms with Gasteiger partial charge in [-0.15, -0.1) is 0 Å². The SMILES string of the molecule is CCC1(CC)C(NC)CC1Oc1cc(Br)c(OC)cc1Br. The first kappa shape index (κ1) is 17.1. The molecule has 1 saturated carbocycles. The molecule has 0 aromatic heterocycles. The van der Waals surface area contributed by atoms with Crippen molar-refractivity contribution in [3.05, 3.63) is 21.1 Å². The molecule has 1 aliphatic carbocycles. The average Bonchev–Trinajstić information content (AvgIpc) is 2.47. The van der Waals surface area contributed by atoms with Gasteiger partial charge in [-0.05, 0) is 63.9 Å².